The van der Waals surface area contributed by atoms with Gasteiger partial charge in [-0.25, -0.2) is 13.2 Å². The van der Waals surface area contributed by atoms with Crippen LogP contribution in [0.2, 0.25) is 5.02 Å². The molecule has 5 nitrogen and oxygen atoms in total. The van der Waals surface area contributed by atoms with Crippen molar-refractivity contribution in [3.05, 3.63) is 44.6 Å². The summed E-state index contributed by atoms with van der Waals surface area (Å²) in [6.45, 7) is 3.52. The van der Waals surface area contributed by atoms with Gasteiger partial charge in [0, 0.05) is 9.75 Å². The summed E-state index contributed by atoms with van der Waals surface area (Å²) in [4.78, 5) is 12.6. The van der Waals surface area contributed by atoms with Crippen LogP contribution in [-0.4, -0.2) is 19.5 Å². The first-order valence-corrected chi connectivity index (χ1v) is 8.51. The molecule has 0 bridgehead atoms. The van der Waals surface area contributed by atoms with Crippen LogP contribution in [0.25, 0.3) is 0 Å². The topological polar surface area (TPSA) is 83.5 Å². The number of thiophene rings is 1. The van der Waals surface area contributed by atoms with Crippen LogP contribution in [0.3, 0.4) is 0 Å². The molecule has 0 atom stereocenters. The second-order valence-electron chi connectivity index (χ2n) is 4.38. The van der Waals surface area contributed by atoms with Gasteiger partial charge in [-0.15, -0.1) is 11.3 Å². The molecular weight excluding hydrogens is 334 g/mol. The van der Waals surface area contributed by atoms with Gasteiger partial charge in [-0.3, -0.25) is 4.72 Å². The Morgan fingerprint density at radius 2 is 1.95 bits per heavy atom. The van der Waals surface area contributed by atoms with Gasteiger partial charge in [0.1, 0.15) is 4.90 Å². The van der Waals surface area contributed by atoms with Crippen LogP contribution >= 0.6 is 22.9 Å². The molecule has 112 valence electrons. The molecule has 0 spiro atoms. The van der Waals surface area contributed by atoms with E-state index in [1.165, 1.54) is 29.5 Å². The number of hydrogen-bond acceptors (Lipinski definition) is 4. The second kappa shape index (κ2) is 5.67. The largest absolute Gasteiger partial charge is 0.478 e. The Morgan fingerprint density at radius 1 is 1.29 bits per heavy atom. The number of anilines is 1. The maximum absolute atomic E-state index is 12.4. The Kier molecular flexibility index (Phi) is 4.27. The number of benzene rings is 1. The van der Waals surface area contributed by atoms with Crippen molar-refractivity contribution < 1.29 is 18.3 Å². The Morgan fingerprint density at radius 3 is 2.48 bits per heavy atom. The predicted molar refractivity (Wildman–Crippen MR) is 83.0 cm³/mol. The molecule has 0 amide bonds. The molecule has 2 rings (SSSR count). The number of carboxylic acids is 1. The Bertz CT molecular complexity index is 812. The lowest BCUT2D eigenvalue weighted by atomic mass is 10.2. The van der Waals surface area contributed by atoms with E-state index in [1.807, 2.05) is 6.92 Å². The highest BCUT2D eigenvalue weighted by Crippen LogP contribution is 2.29. The SMILES string of the molecule is Cc1cc(S(=O)(=O)Nc2cc(C(=O)O)ccc2Cl)c(C)s1. The Labute approximate surface area is 131 Å². The lowest BCUT2D eigenvalue weighted by molar-refractivity contribution is 0.0697. The minimum Gasteiger partial charge on any atom is -0.478 e. The molecule has 2 N–H and O–H groups in total. The average Bonchev–Trinajstić information content (AvgIpc) is 2.71. The number of nitrogens with one attached hydrogen (secondary N) is 1. The maximum Gasteiger partial charge on any atom is 0.335 e. The van der Waals surface area contributed by atoms with E-state index in [0.29, 0.717) is 4.88 Å². The minimum atomic E-state index is -3.81. The summed E-state index contributed by atoms with van der Waals surface area (Å²) in [6, 6.07) is 5.41. The first kappa shape index (κ1) is 15.8. The molecular formula is C13H12ClNO4S2. The molecule has 0 saturated heterocycles. The molecule has 0 unspecified atom stereocenters. The van der Waals surface area contributed by atoms with Crippen molar-refractivity contribution in [3.63, 3.8) is 0 Å². The van der Waals surface area contributed by atoms with Crippen LogP contribution in [0.15, 0.2) is 29.2 Å². The fourth-order valence-electron chi connectivity index (χ4n) is 1.81. The highest BCUT2D eigenvalue weighted by Gasteiger charge is 2.21. The molecule has 0 radical (unpaired) electrons. The molecule has 0 saturated carbocycles. The standard InChI is InChI=1S/C13H12ClNO4S2/c1-7-5-12(8(2)20-7)21(18,19)15-11-6-9(13(16)17)3-4-10(11)14/h3-6,15H,1-2H3,(H,16,17). The van der Waals surface area contributed by atoms with Crippen molar-refractivity contribution in [1.29, 1.82) is 0 Å². The van der Waals surface area contributed by atoms with Crippen LogP contribution < -0.4 is 4.72 Å². The number of halogens is 1. The van der Waals surface area contributed by atoms with Crippen LogP contribution in [0.4, 0.5) is 5.69 Å². The van der Waals surface area contributed by atoms with Gasteiger partial charge in [-0.1, -0.05) is 11.6 Å². The highest BCUT2D eigenvalue weighted by atomic mass is 35.5. The number of carbonyl (C=O) groups is 1. The van der Waals surface area contributed by atoms with Crippen LogP contribution in [-0.2, 0) is 10.0 Å². The third kappa shape index (κ3) is 3.37. The number of aromatic carboxylic acids is 1. The van der Waals surface area contributed by atoms with E-state index in [4.69, 9.17) is 16.7 Å². The van der Waals surface area contributed by atoms with Gasteiger partial charge in [-0.05, 0) is 38.1 Å². The van der Waals surface area contributed by atoms with E-state index in [1.54, 1.807) is 13.0 Å². The summed E-state index contributed by atoms with van der Waals surface area (Å²) in [5, 5.41) is 9.08. The van der Waals surface area contributed by atoms with Crippen molar-refractivity contribution in [1.82, 2.24) is 0 Å². The zero-order valence-corrected chi connectivity index (χ0v) is 13.6. The van der Waals surface area contributed by atoms with Gasteiger partial charge < -0.3 is 5.11 Å². The average molecular weight is 346 g/mol. The predicted octanol–water partition coefficient (Wildman–Crippen LogP) is 3.52. The Hall–Kier alpha value is -1.57. The van der Waals surface area contributed by atoms with Crippen molar-refractivity contribution in [2.45, 2.75) is 18.7 Å². The molecule has 1 aromatic carbocycles. The Balaban J connectivity index is 2.43. The van der Waals surface area contributed by atoms with E-state index in [2.05, 4.69) is 4.72 Å². The number of carboxylic acid groups (broad SMARTS) is 1. The van der Waals surface area contributed by atoms with Gasteiger partial charge >= 0.3 is 5.97 Å². The molecule has 8 heteroatoms. The van der Waals surface area contributed by atoms with E-state index in [9.17, 15) is 13.2 Å². The fourth-order valence-corrected chi connectivity index (χ4v) is 4.66. The zero-order valence-electron chi connectivity index (χ0n) is 11.2. The van der Waals surface area contributed by atoms with E-state index < -0.39 is 16.0 Å². The van der Waals surface area contributed by atoms with E-state index in [-0.39, 0.29) is 21.2 Å². The summed E-state index contributed by atoms with van der Waals surface area (Å²) >= 11 is 7.29. The molecule has 0 fully saturated rings. The summed E-state index contributed by atoms with van der Waals surface area (Å²) in [5.74, 6) is -1.16. The lowest BCUT2D eigenvalue weighted by Gasteiger charge is -2.10. The van der Waals surface area contributed by atoms with Crippen LogP contribution in [0, 0.1) is 13.8 Å². The molecule has 0 aliphatic rings. The fraction of sp³-hybridized carbons (Fsp3) is 0.154. The zero-order chi connectivity index (χ0) is 15.8. The monoisotopic (exact) mass is 345 g/mol. The van der Waals surface area contributed by atoms with Crippen LogP contribution in [0.5, 0.6) is 0 Å². The smallest absolute Gasteiger partial charge is 0.335 e. The summed E-state index contributed by atoms with van der Waals surface area (Å²) < 4.78 is 27.1. The number of sulfonamides is 1. The molecule has 1 heterocycles. The van der Waals surface area contributed by atoms with Gasteiger partial charge in [-0.2, -0.15) is 0 Å². The van der Waals surface area contributed by atoms with Gasteiger partial charge in [0.2, 0.25) is 0 Å². The van der Waals surface area contributed by atoms with Gasteiger partial charge in [0.05, 0.1) is 16.3 Å². The van der Waals surface area contributed by atoms with Crippen LogP contribution in [0.1, 0.15) is 20.1 Å². The molecule has 2 aromatic rings. The molecule has 21 heavy (non-hydrogen) atoms. The van der Waals surface area contributed by atoms with Crippen molar-refractivity contribution in [2.75, 3.05) is 4.72 Å². The summed E-state index contributed by atoms with van der Waals surface area (Å²) in [7, 11) is -3.81. The highest BCUT2D eigenvalue weighted by molar-refractivity contribution is 7.93. The normalized spacial score (nSPS) is 11.4. The molecule has 0 aliphatic heterocycles. The maximum atomic E-state index is 12.4. The van der Waals surface area contributed by atoms with Crippen molar-refractivity contribution in [2.24, 2.45) is 0 Å². The quantitative estimate of drug-likeness (QED) is 0.888. The lowest BCUT2D eigenvalue weighted by Crippen LogP contribution is -2.14. The summed E-state index contributed by atoms with van der Waals surface area (Å²) in [5.41, 5.74) is -0.00450. The van der Waals surface area contributed by atoms with E-state index >= 15 is 0 Å². The summed E-state index contributed by atoms with van der Waals surface area (Å²) in [6.07, 6.45) is 0. The third-order valence-corrected chi connectivity index (χ3v) is 5.66. The minimum absolute atomic E-state index is 0.0415. The molecule has 0 aliphatic carbocycles. The van der Waals surface area contributed by atoms with E-state index in [0.717, 1.165) is 4.88 Å². The van der Waals surface area contributed by atoms with Gasteiger partial charge in [0.25, 0.3) is 10.0 Å². The van der Waals surface area contributed by atoms with Gasteiger partial charge in [0.15, 0.2) is 0 Å². The third-order valence-electron chi connectivity index (χ3n) is 2.74. The second-order valence-corrected chi connectivity index (χ2v) is 7.90. The first-order valence-electron chi connectivity index (χ1n) is 5.83. The van der Waals surface area contributed by atoms with Crippen molar-refractivity contribution in [3.8, 4) is 0 Å². The molecule has 1 aromatic heterocycles. The number of hydrogen-bond donors (Lipinski definition) is 2. The first-order chi connectivity index (χ1) is 9.70. The van der Waals surface area contributed by atoms with Crippen molar-refractivity contribution >= 4 is 44.6 Å². The number of rotatable bonds is 4. The number of aryl methyl sites for hydroxylation is 2.